The van der Waals surface area contributed by atoms with E-state index in [2.05, 4.69) is 16.9 Å². The Kier molecular flexibility index (Phi) is 4.05. The first kappa shape index (κ1) is 12.2. The van der Waals surface area contributed by atoms with E-state index >= 15 is 0 Å². The molecule has 0 aliphatic heterocycles. The molecule has 0 saturated heterocycles. The van der Waals surface area contributed by atoms with Gasteiger partial charge in [0.05, 0.1) is 6.61 Å². The number of carbonyl (C=O) groups excluding carboxylic acids is 1. The monoisotopic (exact) mass is 220 g/mol. The van der Waals surface area contributed by atoms with Gasteiger partial charge >= 0.3 is 0 Å². The second-order valence-corrected chi connectivity index (χ2v) is 3.42. The van der Waals surface area contributed by atoms with E-state index in [-0.39, 0.29) is 5.91 Å². The SMILES string of the molecule is C=C(OCC)c1cc(NC(C)=O)c(C)cn1. The zero-order valence-electron chi connectivity index (χ0n) is 9.83. The maximum atomic E-state index is 11.0. The fraction of sp³-hybridized carbons (Fsp3) is 0.333. The van der Waals surface area contributed by atoms with Gasteiger partial charge in [-0.3, -0.25) is 9.78 Å². The topological polar surface area (TPSA) is 51.2 Å². The highest BCUT2D eigenvalue weighted by molar-refractivity contribution is 5.89. The summed E-state index contributed by atoms with van der Waals surface area (Å²) in [5.41, 5.74) is 2.28. The lowest BCUT2D eigenvalue weighted by atomic mass is 10.2. The van der Waals surface area contributed by atoms with E-state index in [1.165, 1.54) is 6.92 Å². The number of nitrogens with zero attached hydrogens (tertiary/aromatic N) is 1. The van der Waals surface area contributed by atoms with Crippen molar-refractivity contribution in [3.63, 3.8) is 0 Å². The summed E-state index contributed by atoms with van der Waals surface area (Å²) in [6.07, 6.45) is 1.69. The molecule has 0 aliphatic carbocycles. The maximum Gasteiger partial charge on any atom is 0.221 e. The standard InChI is InChI=1S/C12H16N2O2/c1-5-16-9(3)12-6-11(14-10(4)15)8(2)7-13-12/h6-7H,3,5H2,1-2,4H3,(H,13,14,15). The Bertz CT molecular complexity index is 413. The average molecular weight is 220 g/mol. The van der Waals surface area contributed by atoms with Crippen molar-refractivity contribution in [1.29, 1.82) is 0 Å². The lowest BCUT2D eigenvalue weighted by Gasteiger charge is -2.10. The van der Waals surface area contributed by atoms with E-state index in [0.29, 0.717) is 18.1 Å². The van der Waals surface area contributed by atoms with E-state index in [9.17, 15) is 4.79 Å². The Morgan fingerprint density at radius 3 is 2.88 bits per heavy atom. The van der Waals surface area contributed by atoms with Crippen molar-refractivity contribution in [2.75, 3.05) is 11.9 Å². The summed E-state index contributed by atoms with van der Waals surface area (Å²) >= 11 is 0. The molecule has 1 rings (SSSR count). The number of ether oxygens (including phenoxy) is 1. The molecule has 1 amide bonds. The number of anilines is 1. The molecule has 0 atom stereocenters. The van der Waals surface area contributed by atoms with E-state index in [0.717, 1.165) is 11.3 Å². The van der Waals surface area contributed by atoms with Gasteiger partial charge in [0, 0.05) is 18.8 Å². The number of amides is 1. The second kappa shape index (κ2) is 5.30. The van der Waals surface area contributed by atoms with Gasteiger partial charge in [0.1, 0.15) is 11.5 Å². The molecule has 0 aromatic carbocycles. The molecule has 1 aromatic rings. The summed E-state index contributed by atoms with van der Waals surface area (Å²) in [4.78, 5) is 15.2. The molecule has 0 unspecified atom stereocenters. The molecule has 1 heterocycles. The first-order valence-electron chi connectivity index (χ1n) is 5.11. The van der Waals surface area contributed by atoms with Gasteiger partial charge in [-0.25, -0.2) is 0 Å². The third-order valence-electron chi connectivity index (χ3n) is 2.02. The molecule has 4 nitrogen and oxygen atoms in total. The van der Waals surface area contributed by atoms with Crippen LogP contribution in [-0.4, -0.2) is 17.5 Å². The minimum absolute atomic E-state index is 0.109. The van der Waals surface area contributed by atoms with Gasteiger partial charge in [-0.15, -0.1) is 0 Å². The first-order chi connectivity index (χ1) is 7.54. The van der Waals surface area contributed by atoms with Gasteiger partial charge in [0.2, 0.25) is 5.91 Å². The first-order valence-corrected chi connectivity index (χ1v) is 5.11. The molecule has 0 aliphatic rings. The Balaban J connectivity index is 2.97. The van der Waals surface area contributed by atoms with E-state index in [1.807, 2.05) is 13.8 Å². The Hall–Kier alpha value is -1.84. The predicted octanol–water partition coefficient (Wildman–Crippen LogP) is 2.36. The molecule has 1 N–H and O–H groups in total. The molecule has 86 valence electrons. The van der Waals surface area contributed by atoms with Gasteiger partial charge in [-0.2, -0.15) is 0 Å². The lowest BCUT2D eigenvalue weighted by molar-refractivity contribution is -0.114. The van der Waals surface area contributed by atoms with Crippen LogP contribution in [-0.2, 0) is 9.53 Å². The van der Waals surface area contributed by atoms with Crippen LogP contribution in [0.2, 0.25) is 0 Å². The molecular weight excluding hydrogens is 204 g/mol. The highest BCUT2D eigenvalue weighted by Crippen LogP contribution is 2.19. The number of aryl methyl sites for hydroxylation is 1. The number of aromatic nitrogens is 1. The quantitative estimate of drug-likeness (QED) is 0.792. The summed E-state index contributed by atoms with van der Waals surface area (Å²) in [5.74, 6) is 0.399. The van der Waals surface area contributed by atoms with Crippen LogP contribution in [0.5, 0.6) is 0 Å². The van der Waals surface area contributed by atoms with E-state index in [4.69, 9.17) is 4.74 Å². The minimum atomic E-state index is -0.109. The fourth-order valence-corrected chi connectivity index (χ4v) is 1.25. The largest absolute Gasteiger partial charge is 0.492 e. The molecule has 4 heteroatoms. The summed E-state index contributed by atoms with van der Waals surface area (Å²) in [5, 5.41) is 2.73. The van der Waals surface area contributed by atoms with Crippen molar-refractivity contribution >= 4 is 17.4 Å². The van der Waals surface area contributed by atoms with Gasteiger partial charge < -0.3 is 10.1 Å². The summed E-state index contributed by atoms with van der Waals surface area (Å²) in [6, 6.07) is 1.76. The van der Waals surface area contributed by atoms with Crippen molar-refractivity contribution in [1.82, 2.24) is 4.98 Å². The maximum absolute atomic E-state index is 11.0. The van der Waals surface area contributed by atoms with Gasteiger partial charge in [-0.05, 0) is 25.5 Å². The molecule has 0 saturated carbocycles. The van der Waals surface area contributed by atoms with Crippen LogP contribution in [0.15, 0.2) is 18.8 Å². The fourth-order valence-electron chi connectivity index (χ4n) is 1.25. The average Bonchev–Trinajstić information content (AvgIpc) is 2.21. The number of carbonyl (C=O) groups is 1. The Morgan fingerprint density at radius 2 is 2.31 bits per heavy atom. The van der Waals surface area contributed by atoms with Crippen LogP contribution in [0.25, 0.3) is 5.76 Å². The van der Waals surface area contributed by atoms with Crippen LogP contribution >= 0.6 is 0 Å². The minimum Gasteiger partial charge on any atom is -0.492 e. The number of hydrogen-bond acceptors (Lipinski definition) is 3. The smallest absolute Gasteiger partial charge is 0.221 e. The summed E-state index contributed by atoms with van der Waals surface area (Å²) < 4.78 is 5.26. The predicted molar refractivity (Wildman–Crippen MR) is 63.9 cm³/mol. The van der Waals surface area contributed by atoms with Crippen LogP contribution in [0, 0.1) is 6.92 Å². The van der Waals surface area contributed by atoms with Crippen LogP contribution in [0.4, 0.5) is 5.69 Å². The van der Waals surface area contributed by atoms with Gasteiger partial charge in [-0.1, -0.05) is 6.58 Å². The van der Waals surface area contributed by atoms with Gasteiger partial charge in [0.15, 0.2) is 0 Å². The highest BCUT2D eigenvalue weighted by Gasteiger charge is 2.06. The number of pyridine rings is 1. The molecular formula is C12H16N2O2. The summed E-state index contributed by atoms with van der Waals surface area (Å²) in [7, 11) is 0. The van der Waals surface area contributed by atoms with Crippen molar-refractivity contribution in [3.05, 3.63) is 30.1 Å². The van der Waals surface area contributed by atoms with Crippen molar-refractivity contribution in [3.8, 4) is 0 Å². The summed E-state index contributed by atoms with van der Waals surface area (Å²) in [6.45, 7) is 9.55. The zero-order chi connectivity index (χ0) is 12.1. The van der Waals surface area contributed by atoms with E-state index in [1.54, 1.807) is 12.3 Å². The highest BCUT2D eigenvalue weighted by atomic mass is 16.5. The number of hydrogen-bond donors (Lipinski definition) is 1. The molecule has 1 aromatic heterocycles. The Labute approximate surface area is 95.3 Å². The number of nitrogens with one attached hydrogen (secondary N) is 1. The third kappa shape index (κ3) is 3.08. The molecule has 0 bridgehead atoms. The van der Waals surface area contributed by atoms with Crippen molar-refractivity contribution in [2.24, 2.45) is 0 Å². The van der Waals surface area contributed by atoms with Crippen molar-refractivity contribution in [2.45, 2.75) is 20.8 Å². The lowest BCUT2D eigenvalue weighted by Crippen LogP contribution is -2.08. The molecule has 0 spiro atoms. The van der Waals surface area contributed by atoms with Crippen LogP contribution < -0.4 is 5.32 Å². The molecule has 0 radical (unpaired) electrons. The van der Waals surface area contributed by atoms with Crippen molar-refractivity contribution < 1.29 is 9.53 Å². The van der Waals surface area contributed by atoms with Crippen LogP contribution in [0.3, 0.4) is 0 Å². The normalized spacial score (nSPS) is 9.69. The van der Waals surface area contributed by atoms with Gasteiger partial charge in [0.25, 0.3) is 0 Å². The van der Waals surface area contributed by atoms with E-state index < -0.39 is 0 Å². The zero-order valence-corrected chi connectivity index (χ0v) is 9.83. The molecule has 0 fully saturated rings. The van der Waals surface area contributed by atoms with Crippen LogP contribution in [0.1, 0.15) is 25.1 Å². The molecule has 16 heavy (non-hydrogen) atoms. The Morgan fingerprint density at radius 1 is 1.62 bits per heavy atom. The second-order valence-electron chi connectivity index (χ2n) is 3.42. The third-order valence-corrected chi connectivity index (χ3v) is 2.02. The number of rotatable bonds is 4.